The lowest BCUT2D eigenvalue weighted by Crippen LogP contribution is -2.38. The molecule has 0 unspecified atom stereocenters. The fourth-order valence-electron chi connectivity index (χ4n) is 4.13. The van der Waals surface area contributed by atoms with Crippen molar-refractivity contribution >= 4 is 16.8 Å². The van der Waals surface area contributed by atoms with E-state index in [0.29, 0.717) is 23.4 Å². The zero-order valence-corrected chi connectivity index (χ0v) is 15.5. The molecule has 1 N–H and O–H groups in total. The van der Waals surface area contributed by atoms with Gasteiger partial charge in [0.2, 0.25) is 12.2 Å². The lowest BCUT2D eigenvalue weighted by atomic mass is 10.1. The number of aryl methyl sites for hydroxylation is 1. The Morgan fingerprint density at radius 3 is 2.50 bits per heavy atom. The minimum absolute atomic E-state index is 0.00632. The molecule has 1 aliphatic carbocycles. The van der Waals surface area contributed by atoms with E-state index in [4.69, 9.17) is 9.47 Å². The second kappa shape index (κ2) is 6.41. The zero-order valence-electron chi connectivity index (χ0n) is 15.5. The number of pyridine rings is 1. The molecule has 0 saturated heterocycles. The Morgan fingerprint density at radius 1 is 1.14 bits per heavy atom. The third-order valence-corrected chi connectivity index (χ3v) is 5.55. The summed E-state index contributed by atoms with van der Waals surface area (Å²) in [6.45, 7) is 2.75. The van der Waals surface area contributed by atoms with Crippen LogP contribution in [0, 0.1) is 0 Å². The molecule has 28 heavy (non-hydrogen) atoms. The van der Waals surface area contributed by atoms with Gasteiger partial charge in [-0.1, -0.05) is 24.3 Å². The molecule has 6 heteroatoms. The fraction of sp³-hybridized carbons (Fsp3) is 0.273. The number of benzene rings is 2. The molecule has 2 aliphatic rings. The molecule has 6 nitrogen and oxygen atoms in total. The van der Waals surface area contributed by atoms with Crippen LogP contribution in [-0.4, -0.2) is 23.3 Å². The molecule has 3 aromatic rings. The number of amides is 1. The van der Waals surface area contributed by atoms with Gasteiger partial charge in [-0.3, -0.25) is 9.59 Å². The average molecular weight is 376 g/mol. The van der Waals surface area contributed by atoms with E-state index in [-0.39, 0.29) is 29.7 Å². The van der Waals surface area contributed by atoms with Gasteiger partial charge >= 0.3 is 0 Å². The summed E-state index contributed by atoms with van der Waals surface area (Å²) in [6, 6.07) is 11.7. The van der Waals surface area contributed by atoms with Crippen molar-refractivity contribution in [1.82, 2.24) is 9.88 Å². The highest BCUT2D eigenvalue weighted by atomic mass is 16.7. The summed E-state index contributed by atoms with van der Waals surface area (Å²) >= 11 is 0. The molecule has 0 spiro atoms. The van der Waals surface area contributed by atoms with E-state index in [2.05, 4.69) is 17.4 Å². The third kappa shape index (κ3) is 2.64. The Morgan fingerprint density at radius 2 is 1.82 bits per heavy atom. The summed E-state index contributed by atoms with van der Waals surface area (Å²) in [5.41, 5.74) is 3.12. The number of fused-ring (bicyclic) bond motifs is 3. The first-order chi connectivity index (χ1) is 13.6. The largest absolute Gasteiger partial charge is 0.454 e. The number of nitrogens with zero attached hydrogens (tertiary/aromatic N) is 1. The van der Waals surface area contributed by atoms with Crippen LogP contribution < -0.4 is 20.2 Å². The fourth-order valence-corrected chi connectivity index (χ4v) is 4.13. The van der Waals surface area contributed by atoms with Crippen LogP contribution in [0.1, 0.15) is 28.4 Å². The van der Waals surface area contributed by atoms with Crippen molar-refractivity contribution in [3.05, 3.63) is 69.5 Å². The smallest absolute Gasteiger partial charge is 0.257 e. The molecule has 1 aromatic heterocycles. The van der Waals surface area contributed by atoms with Gasteiger partial charge in [-0.05, 0) is 37.0 Å². The zero-order chi connectivity index (χ0) is 19.3. The first-order valence-corrected chi connectivity index (χ1v) is 9.48. The predicted molar refractivity (Wildman–Crippen MR) is 105 cm³/mol. The Hall–Kier alpha value is -3.28. The first-order valence-electron chi connectivity index (χ1n) is 9.48. The van der Waals surface area contributed by atoms with Crippen LogP contribution in [0.5, 0.6) is 11.5 Å². The van der Waals surface area contributed by atoms with Gasteiger partial charge in [-0.2, -0.15) is 0 Å². The standard InChI is InChI=1S/C22H20N2O4/c1-2-24-11-17(21(25)16-9-19-20(10-18(16)24)28-12-27-19)22(26)23-15-7-13-5-3-4-6-14(13)8-15/h3-6,9-11,15H,2,7-8,12H2,1H3,(H,23,26). The molecule has 142 valence electrons. The summed E-state index contributed by atoms with van der Waals surface area (Å²) in [5.74, 6) is 0.829. The number of carbonyl (C=O) groups is 1. The number of aromatic nitrogens is 1. The summed E-state index contributed by atoms with van der Waals surface area (Å²) in [7, 11) is 0. The van der Waals surface area contributed by atoms with Crippen LogP contribution in [0.15, 0.2) is 47.4 Å². The van der Waals surface area contributed by atoms with Crippen molar-refractivity contribution in [3.8, 4) is 11.5 Å². The molecule has 0 radical (unpaired) electrons. The number of nitrogens with one attached hydrogen (secondary N) is 1. The van der Waals surface area contributed by atoms with Crippen molar-refractivity contribution < 1.29 is 14.3 Å². The van der Waals surface area contributed by atoms with Crippen molar-refractivity contribution in [3.63, 3.8) is 0 Å². The monoisotopic (exact) mass is 376 g/mol. The number of rotatable bonds is 3. The van der Waals surface area contributed by atoms with Crippen LogP contribution in [0.4, 0.5) is 0 Å². The van der Waals surface area contributed by atoms with E-state index in [9.17, 15) is 9.59 Å². The molecule has 0 saturated carbocycles. The number of hydrogen-bond acceptors (Lipinski definition) is 4. The highest BCUT2D eigenvalue weighted by molar-refractivity contribution is 5.98. The average Bonchev–Trinajstić information content (AvgIpc) is 3.32. The minimum Gasteiger partial charge on any atom is -0.454 e. The van der Waals surface area contributed by atoms with Gasteiger partial charge in [-0.25, -0.2) is 0 Å². The Balaban J connectivity index is 1.50. The molecule has 0 bridgehead atoms. The van der Waals surface area contributed by atoms with Gasteiger partial charge in [0, 0.05) is 24.8 Å². The Labute approximate surface area is 161 Å². The van der Waals surface area contributed by atoms with Crippen molar-refractivity contribution in [2.45, 2.75) is 32.4 Å². The maximum absolute atomic E-state index is 13.1. The molecule has 1 amide bonds. The van der Waals surface area contributed by atoms with Gasteiger partial charge in [0.1, 0.15) is 5.56 Å². The predicted octanol–water partition coefficient (Wildman–Crippen LogP) is 2.65. The quantitative estimate of drug-likeness (QED) is 0.763. The molecule has 2 heterocycles. The van der Waals surface area contributed by atoms with Crippen LogP contribution >= 0.6 is 0 Å². The van der Waals surface area contributed by atoms with E-state index in [1.807, 2.05) is 23.6 Å². The van der Waals surface area contributed by atoms with Gasteiger partial charge in [0.05, 0.1) is 10.9 Å². The molecular formula is C22H20N2O4. The van der Waals surface area contributed by atoms with Crippen molar-refractivity contribution in [2.24, 2.45) is 0 Å². The number of ether oxygens (including phenoxy) is 2. The van der Waals surface area contributed by atoms with Crippen LogP contribution in [0.2, 0.25) is 0 Å². The summed E-state index contributed by atoms with van der Waals surface area (Å²) < 4.78 is 12.7. The van der Waals surface area contributed by atoms with Crippen molar-refractivity contribution in [1.29, 1.82) is 0 Å². The molecule has 2 aromatic carbocycles. The summed E-state index contributed by atoms with van der Waals surface area (Å²) in [4.78, 5) is 26.0. The van der Waals surface area contributed by atoms with E-state index in [0.717, 1.165) is 18.4 Å². The highest BCUT2D eigenvalue weighted by Crippen LogP contribution is 2.35. The highest BCUT2D eigenvalue weighted by Gasteiger charge is 2.25. The van der Waals surface area contributed by atoms with Gasteiger partial charge in [0.25, 0.3) is 5.91 Å². The first kappa shape index (κ1) is 16.9. The van der Waals surface area contributed by atoms with Crippen LogP contribution in [0.25, 0.3) is 10.9 Å². The third-order valence-electron chi connectivity index (χ3n) is 5.55. The van der Waals surface area contributed by atoms with E-state index in [1.165, 1.54) is 11.1 Å². The second-order valence-corrected chi connectivity index (χ2v) is 7.23. The van der Waals surface area contributed by atoms with Crippen molar-refractivity contribution in [2.75, 3.05) is 6.79 Å². The lowest BCUT2D eigenvalue weighted by Gasteiger charge is -2.15. The van der Waals surface area contributed by atoms with E-state index >= 15 is 0 Å². The molecular weight excluding hydrogens is 356 g/mol. The lowest BCUT2D eigenvalue weighted by molar-refractivity contribution is 0.0937. The summed E-state index contributed by atoms with van der Waals surface area (Å²) in [6.07, 6.45) is 3.22. The van der Waals surface area contributed by atoms with Gasteiger partial charge in [0.15, 0.2) is 11.5 Å². The number of hydrogen-bond donors (Lipinski definition) is 1. The maximum Gasteiger partial charge on any atom is 0.257 e. The van der Waals surface area contributed by atoms with E-state index in [1.54, 1.807) is 18.3 Å². The Kier molecular flexibility index (Phi) is 3.86. The summed E-state index contributed by atoms with van der Waals surface area (Å²) in [5, 5.41) is 3.51. The molecule has 5 rings (SSSR count). The maximum atomic E-state index is 13.1. The van der Waals surface area contributed by atoms with Gasteiger partial charge in [-0.15, -0.1) is 0 Å². The Bertz CT molecular complexity index is 1140. The topological polar surface area (TPSA) is 69.6 Å². The SMILES string of the molecule is CCn1cc(C(=O)NC2Cc3ccccc3C2)c(=O)c2cc3c(cc21)OCO3. The van der Waals surface area contributed by atoms with Gasteiger partial charge < -0.3 is 19.4 Å². The van der Waals surface area contributed by atoms with Crippen LogP contribution in [-0.2, 0) is 19.4 Å². The normalized spacial score (nSPS) is 15.0. The van der Waals surface area contributed by atoms with E-state index < -0.39 is 0 Å². The molecule has 1 aliphatic heterocycles. The second-order valence-electron chi connectivity index (χ2n) is 7.23. The molecule has 0 fully saturated rings. The number of carbonyl (C=O) groups excluding carboxylic acids is 1. The minimum atomic E-state index is -0.329. The van der Waals surface area contributed by atoms with Crippen LogP contribution in [0.3, 0.4) is 0 Å². The molecule has 0 atom stereocenters.